The normalized spacial score (nSPS) is 22.9. The van der Waals surface area contributed by atoms with Gasteiger partial charge in [0.25, 0.3) is 0 Å². The molecule has 4 nitrogen and oxygen atoms in total. The molecule has 0 aromatic carbocycles. The molecule has 1 N–H and O–H groups in total. The van der Waals surface area contributed by atoms with E-state index in [1.165, 1.54) is 12.8 Å². The molecule has 1 saturated heterocycles. The molecule has 4 heteroatoms. The molecule has 1 fully saturated rings. The van der Waals surface area contributed by atoms with Gasteiger partial charge in [0.1, 0.15) is 0 Å². The minimum absolute atomic E-state index is 0.0288. The minimum Gasteiger partial charge on any atom is -0.371 e. The van der Waals surface area contributed by atoms with Crippen molar-refractivity contribution >= 4 is 0 Å². The number of hydrogen-bond acceptors (Lipinski definition) is 4. The van der Waals surface area contributed by atoms with Crippen LogP contribution in [0.1, 0.15) is 31.6 Å². The second-order valence-corrected chi connectivity index (χ2v) is 3.90. The van der Waals surface area contributed by atoms with Crippen molar-refractivity contribution < 1.29 is 4.74 Å². The number of aromatic nitrogens is 2. The van der Waals surface area contributed by atoms with E-state index in [1.54, 1.807) is 18.6 Å². The fourth-order valence-electron chi connectivity index (χ4n) is 1.77. The van der Waals surface area contributed by atoms with Crippen LogP contribution in [-0.4, -0.2) is 29.2 Å². The molecule has 82 valence electrons. The van der Waals surface area contributed by atoms with Gasteiger partial charge in [-0.1, -0.05) is 0 Å². The van der Waals surface area contributed by atoms with Gasteiger partial charge in [-0.2, -0.15) is 0 Å². The molecule has 0 bridgehead atoms. The van der Waals surface area contributed by atoms with Crippen LogP contribution in [0.2, 0.25) is 0 Å². The number of rotatable bonds is 4. The van der Waals surface area contributed by atoms with Crippen molar-refractivity contribution in [2.24, 2.45) is 0 Å². The summed E-state index contributed by atoms with van der Waals surface area (Å²) in [5.74, 6) is 0. The van der Waals surface area contributed by atoms with Crippen molar-refractivity contribution in [1.29, 1.82) is 0 Å². The van der Waals surface area contributed by atoms with Crippen molar-refractivity contribution in [3.8, 4) is 0 Å². The maximum absolute atomic E-state index is 5.75. The van der Waals surface area contributed by atoms with Crippen LogP contribution in [0.15, 0.2) is 18.6 Å². The fraction of sp³-hybridized carbons (Fsp3) is 0.636. The lowest BCUT2D eigenvalue weighted by atomic mass is 10.2. The monoisotopic (exact) mass is 207 g/mol. The van der Waals surface area contributed by atoms with Crippen molar-refractivity contribution in [2.75, 3.05) is 13.2 Å². The Kier molecular flexibility index (Phi) is 3.64. The van der Waals surface area contributed by atoms with Crippen molar-refractivity contribution in [3.63, 3.8) is 0 Å². The number of hydrogen-bond donors (Lipinski definition) is 1. The standard InChI is InChI=1S/C11H17N3O/c1-9(11-7-12-5-6-14-11)15-8-10-3-2-4-13-10/h5-7,9-10,13H,2-4,8H2,1H3/t9-,10+/m0/s1. The molecule has 2 rings (SSSR count). The Bertz CT molecular complexity index is 285. The number of nitrogens with zero attached hydrogens (tertiary/aromatic N) is 2. The molecule has 1 aliphatic heterocycles. The zero-order valence-electron chi connectivity index (χ0n) is 9.02. The molecular weight excluding hydrogens is 190 g/mol. The van der Waals surface area contributed by atoms with E-state index < -0.39 is 0 Å². The third-order valence-electron chi connectivity index (χ3n) is 2.71. The van der Waals surface area contributed by atoms with Crippen LogP contribution < -0.4 is 5.32 Å². The van der Waals surface area contributed by atoms with E-state index in [0.717, 1.165) is 18.8 Å². The Morgan fingerprint density at radius 3 is 3.20 bits per heavy atom. The third-order valence-corrected chi connectivity index (χ3v) is 2.71. The molecule has 0 aliphatic carbocycles. The molecule has 1 aromatic rings. The average molecular weight is 207 g/mol. The van der Waals surface area contributed by atoms with E-state index in [2.05, 4.69) is 15.3 Å². The summed E-state index contributed by atoms with van der Waals surface area (Å²) in [6.45, 7) is 3.89. The van der Waals surface area contributed by atoms with E-state index in [0.29, 0.717) is 6.04 Å². The van der Waals surface area contributed by atoms with Crippen LogP contribution in [-0.2, 0) is 4.74 Å². The predicted octanol–water partition coefficient (Wildman–Crippen LogP) is 1.31. The molecular formula is C11H17N3O. The third kappa shape index (κ3) is 2.97. The van der Waals surface area contributed by atoms with Crippen LogP contribution in [0.3, 0.4) is 0 Å². The SMILES string of the molecule is C[C@H](OC[C@H]1CCCN1)c1cnccn1. The van der Waals surface area contributed by atoms with Crippen molar-refractivity contribution in [1.82, 2.24) is 15.3 Å². The summed E-state index contributed by atoms with van der Waals surface area (Å²) >= 11 is 0. The van der Waals surface area contributed by atoms with Crippen LogP contribution in [0, 0.1) is 0 Å². The topological polar surface area (TPSA) is 47.0 Å². The molecule has 0 saturated carbocycles. The summed E-state index contributed by atoms with van der Waals surface area (Å²) < 4.78 is 5.75. The lowest BCUT2D eigenvalue weighted by molar-refractivity contribution is 0.0496. The lowest BCUT2D eigenvalue weighted by Crippen LogP contribution is -2.27. The summed E-state index contributed by atoms with van der Waals surface area (Å²) in [6, 6.07) is 0.518. The Balaban J connectivity index is 1.79. The van der Waals surface area contributed by atoms with E-state index in [4.69, 9.17) is 4.74 Å². The van der Waals surface area contributed by atoms with Gasteiger partial charge in [-0.05, 0) is 26.3 Å². The highest BCUT2D eigenvalue weighted by Gasteiger charge is 2.16. The van der Waals surface area contributed by atoms with Crippen LogP contribution in [0.5, 0.6) is 0 Å². The van der Waals surface area contributed by atoms with E-state index in [9.17, 15) is 0 Å². The van der Waals surface area contributed by atoms with Crippen LogP contribution in [0.4, 0.5) is 0 Å². The van der Waals surface area contributed by atoms with Gasteiger partial charge in [0, 0.05) is 18.4 Å². The van der Waals surface area contributed by atoms with Gasteiger partial charge in [-0.25, -0.2) is 0 Å². The molecule has 1 aliphatic rings. The van der Waals surface area contributed by atoms with Gasteiger partial charge in [0.2, 0.25) is 0 Å². The Morgan fingerprint density at radius 1 is 1.60 bits per heavy atom. The first kappa shape index (κ1) is 10.5. The number of nitrogens with one attached hydrogen (secondary N) is 1. The van der Waals surface area contributed by atoms with Crippen molar-refractivity contribution in [2.45, 2.75) is 31.9 Å². The zero-order valence-corrected chi connectivity index (χ0v) is 9.02. The summed E-state index contributed by atoms with van der Waals surface area (Å²) in [7, 11) is 0. The summed E-state index contributed by atoms with van der Waals surface area (Å²) in [5, 5.41) is 3.40. The fourth-order valence-corrected chi connectivity index (χ4v) is 1.77. The molecule has 0 spiro atoms. The molecule has 0 amide bonds. The highest BCUT2D eigenvalue weighted by atomic mass is 16.5. The second-order valence-electron chi connectivity index (χ2n) is 3.90. The van der Waals surface area contributed by atoms with Gasteiger partial charge >= 0.3 is 0 Å². The van der Waals surface area contributed by atoms with Crippen molar-refractivity contribution in [3.05, 3.63) is 24.3 Å². The summed E-state index contributed by atoms with van der Waals surface area (Å²) in [6.07, 6.45) is 7.63. The van der Waals surface area contributed by atoms with Gasteiger partial charge in [0.15, 0.2) is 0 Å². The van der Waals surface area contributed by atoms with E-state index in [-0.39, 0.29) is 6.10 Å². The largest absolute Gasteiger partial charge is 0.371 e. The second kappa shape index (κ2) is 5.19. The maximum atomic E-state index is 5.75. The first-order chi connectivity index (χ1) is 7.36. The highest BCUT2D eigenvalue weighted by molar-refractivity contribution is 4.98. The van der Waals surface area contributed by atoms with Gasteiger partial charge in [-0.15, -0.1) is 0 Å². The zero-order chi connectivity index (χ0) is 10.5. The first-order valence-electron chi connectivity index (χ1n) is 5.47. The Morgan fingerprint density at radius 2 is 2.53 bits per heavy atom. The molecule has 2 atom stereocenters. The molecule has 15 heavy (non-hydrogen) atoms. The average Bonchev–Trinajstić information content (AvgIpc) is 2.80. The maximum Gasteiger partial charge on any atom is 0.0982 e. The minimum atomic E-state index is 0.0288. The molecule has 0 unspecified atom stereocenters. The Labute approximate surface area is 90.1 Å². The molecule has 2 heterocycles. The van der Waals surface area contributed by atoms with E-state index >= 15 is 0 Å². The smallest absolute Gasteiger partial charge is 0.0982 e. The first-order valence-corrected chi connectivity index (χ1v) is 5.47. The summed E-state index contributed by atoms with van der Waals surface area (Å²) in [5.41, 5.74) is 0.899. The van der Waals surface area contributed by atoms with Gasteiger partial charge < -0.3 is 10.1 Å². The van der Waals surface area contributed by atoms with E-state index in [1.807, 2.05) is 6.92 Å². The predicted molar refractivity (Wildman–Crippen MR) is 57.4 cm³/mol. The Hall–Kier alpha value is -1.00. The summed E-state index contributed by atoms with van der Waals surface area (Å²) in [4.78, 5) is 8.24. The van der Waals surface area contributed by atoms with Gasteiger partial charge in [-0.3, -0.25) is 9.97 Å². The van der Waals surface area contributed by atoms with Crippen LogP contribution in [0.25, 0.3) is 0 Å². The lowest BCUT2D eigenvalue weighted by Gasteiger charge is -2.15. The molecule has 1 aromatic heterocycles. The van der Waals surface area contributed by atoms with Gasteiger partial charge in [0.05, 0.1) is 24.6 Å². The van der Waals surface area contributed by atoms with Crippen LogP contribution >= 0.6 is 0 Å². The molecule has 0 radical (unpaired) electrons. The highest BCUT2D eigenvalue weighted by Crippen LogP contribution is 2.14. The quantitative estimate of drug-likeness (QED) is 0.808. The number of ether oxygens (including phenoxy) is 1.